The Hall–Kier alpha value is -2.78. The van der Waals surface area contributed by atoms with Gasteiger partial charge in [0.05, 0.1) is 18.3 Å². The van der Waals surface area contributed by atoms with E-state index in [2.05, 4.69) is 43.5 Å². The van der Waals surface area contributed by atoms with Crippen LogP contribution in [-0.4, -0.2) is 71.9 Å². The second-order valence-corrected chi connectivity index (χ2v) is 7.11. The number of nitrogens with zero attached hydrogens (tertiary/aromatic N) is 5. The van der Waals surface area contributed by atoms with E-state index >= 15 is 0 Å². The molecule has 0 bridgehead atoms. The predicted molar refractivity (Wildman–Crippen MR) is 99.4 cm³/mol. The fourth-order valence-corrected chi connectivity index (χ4v) is 3.44. The maximum absolute atomic E-state index is 12.7. The summed E-state index contributed by atoms with van der Waals surface area (Å²) in [5.41, 5.74) is 5.24. The van der Waals surface area contributed by atoms with Gasteiger partial charge in [0.1, 0.15) is 24.2 Å². The van der Waals surface area contributed by atoms with Gasteiger partial charge in [0.25, 0.3) is 11.8 Å². The molecule has 3 atom stereocenters. The normalized spacial score (nSPS) is 24.3. The van der Waals surface area contributed by atoms with E-state index in [4.69, 9.17) is 10.8 Å². The van der Waals surface area contributed by atoms with Gasteiger partial charge in [-0.05, 0) is 0 Å². The van der Waals surface area contributed by atoms with E-state index < -0.39 is 42.0 Å². The molecule has 15 heteroatoms. The third-order valence-corrected chi connectivity index (χ3v) is 5.04. The van der Waals surface area contributed by atoms with Crippen molar-refractivity contribution in [3.05, 3.63) is 23.8 Å². The van der Waals surface area contributed by atoms with Crippen LogP contribution >= 0.6 is 24.6 Å². The summed E-state index contributed by atoms with van der Waals surface area (Å²) in [4.78, 5) is 43.9. The highest BCUT2D eigenvalue weighted by Crippen LogP contribution is 2.24. The molecular formula is C13H16N8O5S2. The maximum atomic E-state index is 12.7. The van der Waals surface area contributed by atoms with Gasteiger partial charge in [-0.3, -0.25) is 18.6 Å². The Morgan fingerprint density at radius 1 is 1.54 bits per heavy atom. The van der Waals surface area contributed by atoms with E-state index in [1.54, 1.807) is 5.41 Å². The van der Waals surface area contributed by atoms with Gasteiger partial charge in [-0.15, -0.1) is 0 Å². The van der Waals surface area contributed by atoms with Crippen molar-refractivity contribution in [2.45, 2.75) is 24.1 Å². The second-order valence-electron chi connectivity index (χ2n) is 5.66. The monoisotopic (exact) mass is 428 g/mol. The number of amides is 2. The van der Waals surface area contributed by atoms with Crippen molar-refractivity contribution in [3.8, 4) is 0 Å². The van der Waals surface area contributed by atoms with E-state index in [1.165, 1.54) is 33.4 Å². The number of thioether (sulfide) groups is 1. The number of nitrogens with one attached hydrogen (secondary N) is 2. The Morgan fingerprint density at radius 2 is 2.32 bits per heavy atom. The molecule has 0 spiro atoms. The molecule has 3 unspecified atom stereocenters. The van der Waals surface area contributed by atoms with Crippen LogP contribution in [0.5, 0.6) is 0 Å². The minimum Gasteiger partial charge on any atom is -0.479 e. The first kappa shape index (κ1) is 20.0. The summed E-state index contributed by atoms with van der Waals surface area (Å²) in [5, 5.41) is 23.1. The molecule has 13 nitrogen and oxygen atoms in total. The van der Waals surface area contributed by atoms with Crippen LogP contribution in [-0.2, 0) is 25.8 Å². The maximum Gasteiger partial charge on any atom is 0.344 e. The Kier molecular flexibility index (Phi) is 6.05. The summed E-state index contributed by atoms with van der Waals surface area (Å²) in [7, 11) is 0. The summed E-state index contributed by atoms with van der Waals surface area (Å²) in [6.07, 6.45) is 2.82. The van der Waals surface area contributed by atoms with E-state index in [9.17, 15) is 14.4 Å². The standard InChI is InChI=1S/C13H16N8O5S2/c14-13-17-6(3-28-13)9(19-26-2-8(22)23)11(24)18-10-7(21(27)12(10)25)1-20-5-15-4-16-20/h3-5,7,10,13,17,27H,1-2,14H2,(H,18,24)(H,22,23)/b19-9-. The van der Waals surface area contributed by atoms with Crippen molar-refractivity contribution < 1.29 is 24.3 Å². The fourth-order valence-electron chi connectivity index (χ4n) is 2.45. The number of carbonyl (C=O) groups is 3. The third kappa shape index (κ3) is 4.37. The second kappa shape index (κ2) is 8.49. The van der Waals surface area contributed by atoms with E-state index in [-0.39, 0.29) is 18.0 Å². The lowest BCUT2D eigenvalue weighted by Crippen LogP contribution is -2.69. The summed E-state index contributed by atoms with van der Waals surface area (Å²) < 4.78 is 2.68. The molecule has 2 aliphatic heterocycles. The first-order valence-electron chi connectivity index (χ1n) is 7.82. The number of carboxylic acid groups (broad SMARTS) is 1. The predicted octanol–water partition coefficient (Wildman–Crippen LogP) is -2.30. The molecule has 0 aromatic carbocycles. The van der Waals surface area contributed by atoms with Crippen LogP contribution in [0.1, 0.15) is 0 Å². The molecule has 1 fully saturated rings. The van der Waals surface area contributed by atoms with Crippen LogP contribution in [0, 0.1) is 0 Å². The molecule has 28 heavy (non-hydrogen) atoms. The number of carbonyl (C=O) groups excluding carboxylic acids is 2. The zero-order chi connectivity index (χ0) is 20.3. The van der Waals surface area contributed by atoms with Crippen LogP contribution in [0.4, 0.5) is 0 Å². The number of thiol groups is 1. The largest absolute Gasteiger partial charge is 0.479 e. The fraction of sp³-hybridized carbons (Fsp3) is 0.385. The van der Waals surface area contributed by atoms with E-state index in [0.717, 1.165) is 0 Å². The van der Waals surface area contributed by atoms with Gasteiger partial charge in [-0.2, -0.15) is 5.10 Å². The molecule has 0 radical (unpaired) electrons. The van der Waals surface area contributed by atoms with Crippen molar-refractivity contribution in [2.24, 2.45) is 10.9 Å². The highest BCUT2D eigenvalue weighted by atomic mass is 32.2. The number of hydrogen-bond acceptors (Lipinski definition) is 11. The number of rotatable bonds is 8. The topological polar surface area (TPSA) is 177 Å². The molecule has 0 saturated carbocycles. The molecule has 150 valence electrons. The quantitative estimate of drug-likeness (QED) is 0.131. The van der Waals surface area contributed by atoms with Crippen molar-refractivity contribution in [1.29, 1.82) is 0 Å². The van der Waals surface area contributed by atoms with Crippen LogP contribution in [0.25, 0.3) is 0 Å². The Morgan fingerprint density at radius 3 is 2.93 bits per heavy atom. The van der Waals surface area contributed by atoms with Gasteiger partial charge in [-0.25, -0.2) is 9.78 Å². The average molecular weight is 428 g/mol. The lowest BCUT2D eigenvalue weighted by Gasteiger charge is -2.43. The lowest BCUT2D eigenvalue weighted by molar-refractivity contribution is -0.144. The molecule has 2 aliphatic rings. The number of β-lactam (4-membered cyclic amide) rings is 1. The Labute approximate surface area is 167 Å². The smallest absolute Gasteiger partial charge is 0.344 e. The first-order valence-corrected chi connectivity index (χ1v) is 9.16. The van der Waals surface area contributed by atoms with Gasteiger partial charge in [0.15, 0.2) is 5.71 Å². The van der Waals surface area contributed by atoms with Crippen LogP contribution in [0.15, 0.2) is 28.9 Å². The summed E-state index contributed by atoms with van der Waals surface area (Å²) in [6, 6.07) is -1.34. The summed E-state index contributed by atoms with van der Waals surface area (Å²) >= 11 is 5.30. The molecule has 1 aromatic heterocycles. The summed E-state index contributed by atoms with van der Waals surface area (Å²) in [5.74, 6) is -2.40. The average Bonchev–Trinajstić information content (AvgIpc) is 3.32. The zero-order valence-electron chi connectivity index (χ0n) is 14.1. The molecule has 5 N–H and O–H groups in total. The van der Waals surface area contributed by atoms with Gasteiger partial charge >= 0.3 is 5.97 Å². The number of aromatic nitrogens is 3. The first-order chi connectivity index (χ1) is 13.4. The highest BCUT2D eigenvalue weighted by molar-refractivity contribution is 8.02. The van der Waals surface area contributed by atoms with Gasteiger partial charge in [-0.1, -0.05) is 29.7 Å². The number of carboxylic acids is 1. The van der Waals surface area contributed by atoms with Gasteiger partial charge in [0.2, 0.25) is 6.61 Å². The number of hydrogen-bond donors (Lipinski definition) is 5. The number of oxime groups is 1. The molecule has 3 heterocycles. The van der Waals surface area contributed by atoms with Crippen LogP contribution in [0.3, 0.4) is 0 Å². The molecule has 0 aliphatic carbocycles. The molecule has 1 aromatic rings. The Balaban J connectivity index is 1.71. The number of nitrogens with two attached hydrogens (primary N) is 1. The van der Waals surface area contributed by atoms with Crippen molar-refractivity contribution >= 4 is 48.1 Å². The molecule has 1 saturated heterocycles. The number of aliphatic carboxylic acids is 1. The zero-order valence-corrected chi connectivity index (χ0v) is 15.8. The van der Waals surface area contributed by atoms with E-state index in [0.29, 0.717) is 0 Å². The SMILES string of the molecule is NC1NC(/C(=N/OCC(=O)O)C(=O)NC2C(=O)N(S)C2Cn2cncn2)=CS1. The van der Waals surface area contributed by atoms with Crippen molar-refractivity contribution in [1.82, 2.24) is 29.7 Å². The Bertz CT molecular complexity index is 829. The van der Waals surface area contributed by atoms with Gasteiger partial charge in [0, 0.05) is 5.41 Å². The lowest BCUT2D eigenvalue weighted by atomic mass is 9.98. The summed E-state index contributed by atoms with van der Waals surface area (Å²) in [6.45, 7) is -0.463. The minimum atomic E-state index is -1.25. The third-order valence-electron chi connectivity index (χ3n) is 3.76. The van der Waals surface area contributed by atoms with Crippen LogP contribution in [0.2, 0.25) is 0 Å². The minimum absolute atomic E-state index is 0.230. The van der Waals surface area contributed by atoms with Crippen LogP contribution < -0.4 is 16.4 Å². The highest BCUT2D eigenvalue weighted by Gasteiger charge is 2.48. The molecular weight excluding hydrogens is 412 g/mol. The van der Waals surface area contributed by atoms with Gasteiger partial charge < -0.3 is 26.3 Å². The van der Waals surface area contributed by atoms with Crippen molar-refractivity contribution in [3.63, 3.8) is 0 Å². The van der Waals surface area contributed by atoms with Crippen molar-refractivity contribution in [2.75, 3.05) is 6.61 Å². The molecule has 2 amide bonds. The molecule has 3 rings (SSSR count). The van der Waals surface area contributed by atoms with E-state index in [1.807, 2.05) is 0 Å².